The molecule has 2 heterocycles. The molecule has 12 heteroatoms. The number of piperazine rings is 1. The van der Waals surface area contributed by atoms with Crippen molar-refractivity contribution >= 4 is 33.5 Å². The standard InChI is InChI=1S/C25H28N4O7S/c1-36-25(33)21-17-28(14-15-30)24(32)22(21)26-19-8-5-9-20(16-19)37(34,35)29-12-10-27(11-13-29)23(31)18-6-3-2-4-7-18/h2-9,16,26,30H,10-15,17H2,1H3. The van der Waals surface area contributed by atoms with E-state index in [0.29, 0.717) is 11.3 Å². The van der Waals surface area contributed by atoms with Crippen molar-refractivity contribution in [1.82, 2.24) is 14.1 Å². The Morgan fingerprint density at radius 1 is 1.03 bits per heavy atom. The van der Waals surface area contributed by atoms with Crippen LogP contribution in [0.15, 0.2) is 70.8 Å². The second-order valence-electron chi connectivity index (χ2n) is 8.51. The zero-order chi connectivity index (χ0) is 26.6. The predicted octanol–water partition coefficient (Wildman–Crippen LogP) is 0.507. The van der Waals surface area contributed by atoms with Crippen LogP contribution < -0.4 is 5.32 Å². The molecule has 0 aromatic heterocycles. The van der Waals surface area contributed by atoms with Gasteiger partial charge < -0.3 is 25.0 Å². The zero-order valence-electron chi connectivity index (χ0n) is 20.3. The average Bonchev–Trinajstić information content (AvgIpc) is 3.23. The number of esters is 1. The number of β-amino-alcohol motifs (C(OH)–C–C–N with tert-alkyl or cyclic N) is 1. The number of benzene rings is 2. The molecule has 0 aliphatic carbocycles. The summed E-state index contributed by atoms with van der Waals surface area (Å²) in [6.07, 6.45) is 0. The normalized spacial score (nSPS) is 16.8. The van der Waals surface area contributed by atoms with E-state index in [9.17, 15) is 27.9 Å². The second-order valence-corrected chi connectivity index (χ2v) is 10.4. The molecular formula is C25H28N4O7S. The molecule has 2 aliphatic rings. The Labute approximate surface area is 215 Å². The van der Waals surface area contributed by atoms with Gasteiger partial charge in [0.1, 0.15) is 5.70 Å². The van der Waals surface area contributed by atoms with Crippen molar-refractivity contribution in [2.24, 2.45) is 0 Å². The van der Waals surface area contributed by atoms with Crippen molar-refractivity contribution in [3.63, 3.8) is 0 Å². The van der Waals surface area contributed by atoms with Gasteiger partial charge in [-0.3, -0.25) is 9.59 Å². The first-order valence-electron chi connectivity index (χ1n) is 11.7. The number of sulfonamides is 1. The van der Waals surface area contributed by atoms with E-state index in [0.717, 1.165) is 0 Å². The summed E-state index contributed by atoms with van der Waals surface area (Å²) in [6.45, 7) is 0.544. The van der Waals surface area contributed by atoms with Crippen LogP contribution >= 0.6 is 0 Å². The Kier molecular flexibility index (Phi) is 7.91. The number of nitrogens with one attached hydrogen (secondary N) is 1. The van der Waals surface area contributed by atoms with E-state index >= 15 is 0 Å². The van der Waals surface area contributed by atoms with Gasteiger partial charge in [0.2, 0.25) is 10.0 Å². The van der Waals surface area contributed by atoms with Gasteiger partial charge >= 0.3 is 5.97 Å². The molecule has 0 atom stereocenters. The number of hydrogen-bond donors (Lipinski definition) is 2. The number of aliphatic hydroxyl groups is 1. The highest BCUT2D eigenvalue weighted by Gasteiger charge is 2.35. The van der Waals surface area contributed by atoms with Crippen LogP contribution in [0.4, 0.5) is 5.69 Å². The van der Waals surface area contributed by atoms with Crippen LogP contribution in [-0.2, 0) is 24.3 Å². The monoisotopic (exact) mass is 528 g/mol. The van der Waals surface area contributed by atoms with Crippen LogP contribution in [0.1, 0.15) is 10.4 Å². The van der Waals surface area contributed by atoms with Crippen LogP contribution in [0.25, 0.3) is 0 Å². The Hall–Kier alpha value is -3.74. The topological polar surface area (TPSA) is 137 Å². The lowest BCUT2D eigenvalue weighted by atomic mass is 10.2. The molecule has 0 spiro atoms. The molecule has 0 bridgehead atoms. The van der Waals surface area contributed by atoms with E-state index < -0.39 is 21.9 Å². The molecule has 0 unspecified atom stereocenters. The summed E-state index contributed by atoms with van der Waals surface area (Å²) in [4.78, 5) is 40.6. The molecule has 2 amide bonds. The number of carbonyl (C=O) groups excluding carboxylic acids is 3. The van der Waals surface area contributed by atoms with Crippen molar-refractivity contribution in [3.8, 4) is 0 Å². The number of anilines is 1. The fraction of sp³-hybridized carbons (Fsp3) is 0.320. The Morgan fingerprint density at radius 2 is 1.73 bits per heavy atom. The molecule has 0 radical (unpaired) electrons. The van der Waals surface area contributed by atoms with Gasteiger partial charge in [-0.1, -0.05) is 24.3 Å². The summed E-state index contributed by atoms with van der Waals surface area (Å²) in [6, 6.07) is 14.8. The highest BCUT2D eigenvalue weighted by atomic mass is 32.2. The fourth-order valence-corrected chi connectivity index (χ4v) is 5.74. The molecule has 0 saturated carbocycles. The van der Waals surface area contributed by atoms with Gasteiger partial charge in [0.25, 0.3) is 11.8 Å². The van der Waals surface area contributed by atoms with E-state index in [1.54, 1.807) is 35.2 Å². The SMILES string of the molecule is COC(=O)C1=C(Nc2cccc(S(=O)(=O)N3CCN(C(=O)c4ccccc4)CC3)c2)C(=O)N(CCO)C1. The Balaban J connectivity index is 1.49. The second kappa shape index (κ2) is 11.1. The minimum absolute atomic E-state index is 0.0122. The average molecular weight is 529 g/mol. The number of rotatable bonds is 8. The zero-order valence-corrected chi connectivity index (χ0v) is 21.1. The van der Waals surface area contributed by atoms with Crippen LogP contribution in [0, 0.1) is 0 Å². The van der Waals surface area contributed by atoms with Gasteiger partial charge in [0, 0.05) is 44.0 Å². The molecule has 2 aromatic rings. The highest BCUT2D eigenvalue weighted by molar-refractivity contribution is 7.89. The van der Waals surface area contributed by atoms with Gasteiger partial charge in [0.05, 0.1) is 30.7 Å². The van der Waals surface area contributed by atoms with Crippen molar-refractivity contribution in [2.75, 3.05) is 58.3 Å². The third-order valence-corrected chi connectivity index (χ3v) is 8.14. The molecule has 196 valence electrons. The third-order valence-electron chi connectivity index (χ3n) is 6.24. The Morgan fingerprint density at radius 3 is 2.38 bits per heavy atom. The lowest BCUT2D eigenvalue weighted by molar-refractivity contribution is -0.136. The van der Waals surface area contributed by atoms with Gasteiger partial charge in [0.15, 0.2) is 0 Å². The molecule has 4 rings (SSSR count). The molecule has 2 aromatic carbocycles. The van der Waals surface area contributed by atoms with E-state index in [1.807, 2.05) is 6.07 Å². The largest absolute Gasteiger partial charge is 0.466 e. The number of hydrogen-bond acceptors (Lipinski definition) is 8. The van der Waals surface area contributed by atoms with E-state index in [2.05, 4.69) is 5.32 Å². The number of ether oxygens (including phenoxy) is 1. The van der Waals surface area contributed by atoms with Crippen molar-refractivity contribution in [3.05, 3.63) is 71.4 Å². The Bertz CT molecular complexity index is 1320. The van der Waals surface area contributed by atoms with Crippen LogP contribution in [0.2, 0.25) is 0 Å². The lowest BCUT2D eigenvalue weighted by Gasteiger charge is -2.34. The number of nitrogens with zero attached hydrogens (tertiary/aromatic N) is 3. The van der Waals surface area contributed by atoms with E-state index in [4.69, 9.17) is 4.74 Å². The van der Waals surface area contributed by atoms with Gasteiger partial charge in [-0.2, -0.15) is 4.31 Å². The smallest absolute Gasteiger partial charge is 0.337 e. The first-order valence-corrected chi connectivity index (χ1v) is 13.1. The molecule has 11 nitrogen and oxygen atoms in total. The fourth-order valence-electron chi connectivity index (χ4n) is 4.27. The minimum Gasteiger partial charge on any atom is -0.466 e. The third kappa shape index (κ3) is 5.50. The maximum absolute atomic E-state index is 13.3. The molecule has 37 heavy (non-hydrogen) atoms. The van der Waals surface area contributed by atoms with Crippen molar-refractivity contribution < 1.29 is 32.6 Å². The summed E-state index contributed by atoms with van der Waals surface area (Å²) in [7, 11) is -2.68. The maximum atomic E-state index is 13.3. The van der Waals surface area contributed by atoms with Gasteiger partial charge in [-0.05, 0) is 30.3 Å². The number of aliphatic hydroxyl groups excluding tert-OH is 1. The minimum atomic E-state index is -3.88. The van der Waals surface area contributed by atoms with E-state index in [-0.39, 0.29) is 67.9 Å². The summed E-state index contributed by atoms with van der Waals surface area (Å²) in [5.41, 5.74) is 0.920. The molecule has 2 N–H and O–H groups in total. The highest BCUT2D eigenvalue weighted by Crippen LogP contribution is 2.26. The molecule has 2 aliphatic heterocycles. The van der Waals surface area contributed by atoms with E-state index in [1.165, 1.54) is 34.5 Å². The van der Waals surface area contributed by atoms with Gasteiger partial charge in [-0.15, -0.1) is 0 Å². The summed E-state index contributed by atoms with van der Waals surface area (Å²) in [5.74, 6) is -1.33. The summed E-state index contributed by atoms with van der Waals surface area (Å²) in [5, 5.41) is 12.1. The van der Waals surface area contributed by atoms with Crippen LogP contribution in [0.3, 0.4) is 0 Å². The lowest BCUT2D eigenvalue weighted by Crippen LogP contribution is -2.50. The van der Waals surface area contributed by atoms with Gasteiger partial charge in [-0.25, -0.2) is 13.2 Å². The predicted molar refractivity (Wildman–Crippen MR) is 134 cm³/mol. The van der Waals surface area contributed by atoms with Crippen LogP contribution in [-0.4, -0.2) is 98.4 Å². The number of methoxy groups -OCH3 is 1. The molecular weight excluding hydrogens is 500 g/mol. The number of carbonyl (C=O) groups is 3. The van der Waals surface area contributed by atoms with Crippen molar-refractivity contribution in [1.29, 1.82) is 0 Å². The molecule has 1 saturated heterocycles. The summed E-state index contributed by atoms with van der Waals surface area (Å²) < 4.78 is 32.8. The molecule has 1 fully saturated rings. The van der Waals surface area contributed by atoms with Crippen molar-refractivity contribution in [2.45, 2.75) is 4.90 Å². The number of amides is 2. The first-order chi connectivity index (χ1) is 17.8. The maximum Gasteiger partial charge on any atom is 0.337 e. The summed E-state index contributed by atoms with van der Waals surface area (Å²) >= 11 is 0. The quantitative estimate of drug-likeness (QED) is 0.473. The first kappa shape index (κ1) is 26.3. The van der Waals surface area contributed by atoms with Crippen LogP contribution in [0.5, 0.6) is 0 Å².